The maximum Gasteiger partial charge on any atom is 0.261 e. The van der Waals surface area contributed by atoms with Crippen LogP contribution < -0.4 is 5.32 Å². The molecule has 2 rings (SSSR count). The van der Waals surface area contributed by atoms with Crippen LogP contribution in [0.2, 0.25) is 0 Å². The molecule has 1 aliphatic heterocycles. The van der Waals surface area contributed by atoms with E-state index in [4.69, 9.17) is 0 Å². The lowest BCUT2D eigenvalue weighted by molar-refractivity contribution is 0.0816. The monoisotopic (exact) mass is 310 g/mol. The highest BCUT2D eigenvalue weighted by Crippen LogP contribution is 2.21. The Kier molecular flexibility index (Phi) is 6.21. The van der Waals surface area contributed by atoms with Gasteiger partial charge in [-0.1, -0.05) is 6.92 Å². The number of hydrogen-bond donors (Lipinski definition) is 2. The minimum Gasteiger partial charge on any atom is -0.393 e. The molecular formula is C16H26N2O2S. The van der Waals surface area contributed by atoms with Crippen molar-refractivity contribution < 1.29 is 9.90 Å². The number of aliphatic hydroxyl groups excluding tert-OH is 1. The molecule has 0 unspecified atom stereocenters. The summed E-state index contributed by atoms with van der Waals surface area (Å²) < 4.78 is 0. The second-order valence-electron chi connectivity index (χ2n) is 5.73. The molecule has 1 aliphatic rings. The zero-order valence-corrected chi connectivity index (χ0v) is 13.8. The van der Waals surface area contributed by atoms with Gasteiger partial charge >= 0.3 is 0 Å². The molecule has 2 heterocycles. The number of nitrogens with one attached hydrogen (secondary N) is 1. The van der Waals surface area contributed by atoms with Gasteiger partial charge in [0, 0.05) is 24.5 Å². The minimum absolute atomic E-state index is 0.0527. The standard InChI is InChI=1S/C16H26N2O2S/c1-3-13-11-15(21-12(13)2)16(20)17-7-4-8-18-9-5-14(19)6-10-18/h11,14,19H,3-10H2,1-2H3,(H,17,20). The Balaban J connectivity index is 1.67. The van der Waals surface area contributed by atoms with Crippen LogP contribution in [-0.2, 0) is 6.42 Å². The number of amides is 1. The van der Waals surface area contributed by atoms with Crippen LogP contribution in [-0.4, -0.2) is 48.2 Å². The van der Waals surface area contributed by atoms with Crippen molar-refractivity contribution in [3.8, 4) is 0 Å². The van der Waals surface area contributed by atoms with E-state index in [2.05, 4.69) is 24.1 Å². The van der Waals surface area contributed by atoms with Crippen LogP contribution in [0.5, 0.6) is 0 Å². The van der Waals surface area contributed by atoms with Crippen molar-refractivity contribution in [1.82, 2.24) is 10.2 Å². The quantitative estimate of drug-likeness (QED) is 0.792. The third kappa shape index (κ3) is 4.80. The average Bonchev–Trinajstić information content (AvgIpc) is 2.86. The van der Waals surface area contributed by atoms with E-state index >= 15 is 0 Å². The van der Waals surface area contributed by atoms with Gasteiger partial charge in [-0.3, -0.25) is 4.79 Å². The van der Waals surface area contributed by atoms with Crippen LogP contribution in [0, 0.1) is 6.92 Å². The Morgan fingerprint density at radius 1 is 1.48 bits per heavy atom. The Morgan fingerprint density at radius 3 is 2.81 bits per heavy atom. The van der Waals surface area contributed by atoms with Crippen LogP contribution in [0.25, 0.3) is 0 Å². The molecule has 0 radical (unpaired) electrons. The molecule has 0 atom stereocenters. The van der Waals surface area contributed by atoms with Gasteiger partial charge < -0.3 is 15.3 Å². The molecule has 0 bridgehead atoms. The van der Waals surface area contributed by atoms with Gasteiger partial charge in [-0.15, -0.1) is 11.3 Å². The smallest absolute Gasteiger partial charge is 0.261 e. The maximum absolute atomic E-state index is 12.1. The number of nitrogens with zero attached hydrogens (tertiary/aromatic N) is 1. The summed E-state index contributed by atoms with van der Waals surface area (Å²) in [5.41, 5.74) is 1.28. The van der Waals surface area contributed by atoms with E-state index in [9.17, 15) is 9.90 Å². The predicted octanol–water partition coefficient (Wildman–Crippen LogP) is 2.20. The van der Waals surface area contributed by atoms with Crippen LogP contribution in [0.15, 0.2) is 6.07 Å². The molecule has 1 amide bonds. The van der Waals surface area contributed by atoms with Gasteiger partial charge in [-0.2, -0.15) is 0 Å². The zero-order valence-electron chi connectivity index (χ0n) is 13.0. The maximum atomic E-state index is 12.1. The second-order valence-corrected chi connectivity index (χ2v) is 6.98. The first-order valence-electron chi connectivity index (χ1n) is 7.88. The summed E-state index contributed by atoms with van der Waals surface area (Å²) in [6, 6.07) is 2.02. The Bertz CT molecular complexity index is 465. The molecule has 1 saturated heterocycles. The highest BCUT2D eigenvalue weighted by atomic mass is 32.1. The number of likely N-dealkylation sites (tertiary alicyclic amines) is 1. The molecular weight excluding hydrogens is 284 g/mol. The highest BCUT2D eigenvalue weighted by Gasteiger charge is 2.16. The Morgan fingerprint density at radius 2 is 2.19 bits per heavy atom. The molecule has 2 N–H and O–H groups in total. The van der Waals surface area contributed by atoms with E-state index in [0.717, 1.165) is 56.7 Å². The fourth-order valence-corrected chi connectivity index (χ4v) is 3.75. The fourth-order valence-electron chi connectivity index (χ4n) is 2.72. The van der Waals surface area contributed by atoms with E-state index in [0.29, 0.717) is 0 Å². The summed E-state index contributed by atoms with van der Waals surface area (Å²) in [5.74, 6) is 0.0527. The van der Waals surface area contributed by atoms with Crippen molar-refractivity contribution in [3.05, 3.63) is 21.4 Å². The van der Waals surface area contributed by atoms with Gasteiger partial charge in [0.1, 0.15) is 0 Å². The molecule has 0 aromatic carbocycles. The van der Waals surface area contributed by atoms with Crippen LogP contribution in [0.3, 0.4) is 0 Å². The van der Waals surface area contributed by atoms with Crippen molar-refractivity contribution in [3.63, 3.8) is 0 Å². The lowest BCUT2D eigenvalue weighted by Crippen LogP contribution is -2.37. The van der Waals surface area contributed by atoms with Gasteiger partial charge in [0.05, 0.1) is 11.0 Å². The molecule has 5 heteroatoms. The lowest BCUT2D eigenvalue weighted by atomic mass is 10.1. The number of carbonyl (C=O) groups excluding carboxylic acids is 1. The summed E-state index contributed by atoms with van der Waals surface area (Å²) in [4.78, 5) is 16.5. The van der Waals surface area contributed by atoms with Crippen molar-refractivity contribution >= 4 is 17.2 Å². The van der Waals surface area contributed by atoms with E-state index in [-0.39, 0.29) is 12.0 Å². The molecule has 21 heavy (non-hydrogen) atoms. The van der Waals surface area contributed by atoms with Crippen LogP contribution >= 0.6 is 11.3 Å². The Labute approximate surface area is 131 Å². The van der Waals surface area contributed by atoms with Crippen LogP contribution in [0.4, 0.5) is 0 Å². The van der Waals surface area contributed by atoms with Gasteiger partial charge in [0.15, 0.2) is 0 Å². The van der Waals surface area contributed by atoms with E-state index < -0.39 is 0 Å². The molecule has 0 spiro atoms. The fraction of sp³-hybridized carbons (Fsp3) is 0.688. The number of aliphatic hydroxyl groups is 1. The third-order valence-electron chi connectivity index (χ3n) is 4.12. The van der Waals surface area contributed by atoms with Gasteiger partial charge in [-0.25, -0.2) is 0 Å². The summed E-state index contributed by atoms with van der Waals surface area (Å²) in [7, 11) is 0. The first-order valence-corrected chi connectivity index (χ1v) is 8.69. The van der Waals surface area contributed by atoms with Gasteiger partial charge in [0.25, 0.3) is 5.91 Å². The molecule has 4 nitrogen and oxygen atoms in total. The minimum atomic E-state index is -0.115. The topological polar surface area (TPSA) is 52.6 Å². The second kappa shape index (κ2) is 7.92. The number of aryl methyl sites for hydroxylation is 2. The molecule has 1 aromatic rings. The number of hydrogen-bond acceptors (Lipinski definition) is 4. The lowest BCUT2D eigenvalue weighted by Gasteiger charge is -2.29. The van der Waals surface area contributed by atoms with Crippen molar-refractivity contribution in [2.24, 2.45) is 0 Å². The zero-order chi connectivity index (χ0) is 15.2. The summed E-state index contributed by atoms with van der Waals surface area (Å²) >= 11 is 1.58. The number of thiophene rings is 1. The average molecular weight is 310 g/mol. The molecule has 0 saturated carbocycles. The summed E-state index contributed by atoms with van der Waals surface area (Å²) in [5, 5.41) is 12.5. The SMILES string of the molecule is CCc1cc(C(=O)NCCCN2CCC(O)CC2)sc1C. The molecule has 0 aliphatic carbocycles. The highest BCUT2D eigenvalue weighted by molar-refractivity contribution is 7.14. The first-order chi connectivity index (χ1) is 10.1. The Hall–Kier alpha value is -0.910. The van der Waals surface area contributed by atoms with E-state index in [1.54, 1.807) is 11.3 Å². The predicted molar refractivity (Wildman–Crippen MR) is 87.1 cm³/mol. The van der Waals surface area contributed by atoms with Crippen molar-refractivity contribution in [1.29, 1.82) is 0 Å². The first kappa shape index (κ1) is 16.5. The van der Waals surface area contributed by atoms with Crippen molar-refractivity contribution in [2.45, 2.75) is 45.6 Å². The number of piperidine rings is 1. The van der Waals surface area contributed by atoms with Crippen molar-refractivity contribution in [2.75, 3.05) is 26.2 Å². The van der Waals surface area contributed by atoms with Crippen LogP contribution in [0.1, 0.15) is 46.3 Å². The van der Waals surface area contributed by atoms with E-state index in [1.165, 1.54) is 10.4 Å². The normalized spacial score (nSPS) is 17.1. The molecule has 1 aromatic heterocycles. The van der Waals surface area contributed by atoms with E-state index in [1.807, 2.05) is 6.07 Å². The summed E-state index contributed by atoms with van der Waals surface area (Å²) in [6.45, 7) is 7.85. The number of carbonyl (C=O) groups is 1. The van der Waals surface area contributed by atoms with Gasteiger partial charge in [-0.05, 0) is 50.8 Å². The van der Waals surface area contributed by atoms with Gasteiger partial charge in [0.2, 0.25) is 0 Å². The number of rotatable bonds is 6. The third-order valence-corrected chi connectivity index (χ3v) is 5.21. The molecule has 1 fully saturated rings. The summed E-state index contributed by atoms with van der Waals surface area (Å²) in [6.07, 6.45) is 3.58. The molecule has 118 valence electrons. The largest absolute Gasteiger partial charge is 0.393 e.